The molecular weight excluding hydrogens is 274 g/mol. The standard InChI is InChI=1S/C16H20ClNO2/c17-13-7-11-5-6-20-16(11)12(8-13)9-15(19)10-1-3-14(18)4-2-10/h7-8,10,14H,1-6,9,18H2. The maximum absolute atomic E-state index is 12.4. The number of ether oxygens (including phenoxy) is 1. The van der Waals surface area contributed by atoms with Gasteiger partial charge >= 0.3 is 0 Å². The fourth-order valence-corrected chi connectivity index (χ4v) is 3.51. The summed E-state index contributed by atoms with van der Waals surface area (Å²) in [5.74, 6) is 1.35. The molecule has 3 nitrogen and oxygen atoms in total. The van der Waals surface area contributed by atoms with E-state index in [0.29, 0.717) is 23.8 Å². The number of carbonyl (C=O) groups is 1. The van der Waals surface area contributed by atoms with E-state index >= 15 is 0 Å². The number of rotatable bonds is 3. The summed E-state index contributed by atoms with van der Waals surface area (Å²) in [5.41, 5.74) is 7.97. The molecule has 0 radical (unpaired) electrons. The van der Waals surface area contributed by atoms with Crippen LogP contribution in [0.2, 0.25) is 5.02 Å². The second kappa shape index (κ2) is 5.74. The van der Waals surface area contributed by atoms with Gasteiger partial charge in [0.2, 0.25) is 0 Å². The molecule has 0 unspecified atom stereocenters. The maximum atomic E-state index is 12.4. The smallest absolute Gasteiger partial charge is 0.140 e. The van der Waals surface area contributed by atoms with Crippen molar-refractivity contribution >= 4 is 17.4 Å². The Kier molecular flexibility index (Phi) is 3.99. The number of benzene rings is 1. The van der Waals surface area contributed by atoms with Crippen molar-refractivity contribution in [1.29, 1.82) is 0 Å². The number of fused-ring (bicyclic) bond motifs is 1. The molecule has 1 fully saturated rings. The minimum Gasteiger partial charge on any atom is -0.493 e. The molecule has 3 rings (SSSR count). The summed E-state index contributed by atoms with van der Waals surface area (Å²) < 4.78 is 5.66. The highest BCUT2D eigenvalue weighted by Gasteiger charge is 2.26. The average Bonchev–Trinajstić information content (AvgIpc) is 2.87. The van der Waals surface area contributed by atoms with Crippen molar-refractivity contribution < 1.29 is 9.53 Å². The third kappa shape index (κ3) is 2.84. The SMILES string of the molecule is NC1CCC(C(=O)Cc2cc(Cl)cc3c2OCC3)CC1. The predicted molar refractivity (Wildman–Crippen MR) is 79.3 cm³/mol. The van der Waals surface area contributed by atoms with E-state index in [4.69, 9.17) is 22.1 Å². The first-order valence-electron chi connectivity index (χ1n) is 7.36. The summed E-state index contributed by atoms with van der Waals surface area (Å²) in [4.78, 5) is 12.4. The Balaban J connectivity index is 1.73. The molecule has 0 amide bonds. The zero-order valence-electron chi connectivity index (χ0n) is 11.5. The van der Waals surface area contributed by atoms with Gasteiger partial charge in [-0.15, -0.1) is 0 Å². The Morgan fingerprint density at radius 2 is 2.05 bits per heavy atom. The number of carbonyl (C=O) groups excluding carboxylic acids is 1. The Labute approximate surface area is 124 Å². The number of nitrogens with two attached hydrogens (primary N) is 1. The second-order valence-electron chi connectivity index (χ2n) is 5.91. The molecule has 0 atom stereocenters. The third-order valence-electron chi connectivity index (χ3n) is 4.42. The molecule has 108 valence electrons. The highest BCUT2D eigenvalue weighted by molar-refractivity contribution is 6.30. The molecule has 0 spiro atoms. The predicted octanol–water partition coefficient (Wildman–Crippen LogP) is 2.90. The molecule has 20 heavy (non-hydrogen) atoms. The lowest BCUT2D eigenvalue weighted by molar-refractivity contribution is -0.123. The van der Waals surface area contributed by atoms with Gasteiger partial charge in [0.25, 0.3) is 0 Å². The summed E-state index contributed by atoms with van der Waals surface area (Å²) in [6.45, 7) is 0.690. The first-order valence-corrected chi connectivity index (χ1v) is 7.73. The molecule has 1 aliphatic carbocycles. The van der Waals surface area contributed by atoms with Crippen LogP contribution in [0.1, 0.15) is 36.8 Å². The van der Waals surface area contributed by atoms with Crippen molar-refractivity contribution in [2.24, 2.45) is 11.7 Å². The minimum absolute atomic E-state index is 0.158. The molecule has 1 saturated carbocycles. The number of ketones is 1. The van der Waals surface area contributed by atoms with Crippen molar-refractivity contribution in [1.82, 2.24) is 0 Å². The van der Waals surface area contributed by atoms with Crippen LogP contribution in [0.4, 0.5) is 0 Å². The van der Waals surface area contributed by atoms with Crippen LogP contribution >= 0.6 is 11.6 Å². The van der Waals surface area contributed by atoms with Gasteiger partial charge in [-0.25, -0.2) is 0 Å². The monoisotopic (exact) mass is 293 g/mol. The summed E-state index contributed by atoms with van der Waals surface area (Å²) in [7, 11) is 0. The van der Waals surface area contributed by atoms with Gasteiger partial charge in [-0.1, -0.05) is 11.6 Å². The molecule has 0 bridgehead atoms. The quantitative estimate of drug-likeness (QED) is 0.932. The molecule has 1 aliphatic heterocycles. The second-order valence-corrected chi connectivity index (χ2v) is 6.34. The van der Waals surface area contributed by atoms with Crippen LogP contribution in [0.3, 0.4) is 0 Å². The van der Waals surface area contributed by atoms with Crippen molar-refractivity contribution in [3.63, 3.8) is 0 Å². The molecule has 2 aliphatic rings. The van der Waals surface area contributed by atoms with Crippen molar-refractivity contribution in [3.8, 4) is 5.75 Å². The average molecular weight is 294 g/mol. The highest BCUT2D eigenvalue weighted by Crippen LogP contribution is 2.34. The van der Waals surface area contributed by atoms with Gasteiger partial charge in [0.1, 0.15) is 11.5 Å². The van der Waals surface area contributed by atoms with Crippen LogP contribution in [0.5, 0.6) is 5.75 Å². The van der Waals surface area contributed by atoms with E-state index in [9.17, 15) is 4.79 Å². The van der Waals surface area contributed by atoms with Gasteiger partial charge in [0.15, 0.2) is 0 Å². The minimum atomic E-state index is 0.158. The van der Waals surface area contributed by atoms with Crippen molar-refractivity contribution in [2.45, 2.75) is 44.6 Å². The highest BCUT2D eigenvalue weighted by atomic mass is 35.5. The van der Waals surface area contributed by atoms with Gasteiger partial charge in [-0.3, -0.25) is 4.79 Å². The van der Waals surface area contributed by atoms with Crippen LogP contribution in [0, 0.1) is 5.92 Å². The molecule has 1 aromatic carbocycles. The van der Waals surface area contributed by atoms with Crippen LogP contribution in [-0.4, -0.2) is 18.4 Å². The van der Waals surface area contributed by atoms with E-state index in [1.165, 1.54) is 0 Å². The number of hydrogen-bond acceptors (Lipinski definition) is 3. The number of halogens is 1. The zero-order chi connectivity index (χ0) is 14.1. The van der Waals surface area contributed by atoms with Gasteiger partial charge in [-0.2, -0.15) is 0 Å². The first-order chi connectivity index (χ1) is 9.63. The van der Waals surface area contributed by atoms with E-state index in [0.717, 1.165) is 49.0 Å². The van der Waals surface area contributed by atoms with Crippen molar-refractivity contribution in [2.75, 3.05) is 6.61 Å². The Morgan fingerprint density at radius 3 is 2.80 bits per heavy atom. The van der Waals surface area contributed by atoms with E-state index in [2.05, 4.69) is 0 Å². The Morgan fingerprint density at radius 1 is 1.30 bits per heavy atom. The third-order valence-corrected chi connectivity index (χ3v) is 4.64. The van der Waals surface area contributed by atoms with Crippen LogP contribution < -0.4 is 10.5 Å². The van der Waals surface area contributed by atoms with Crippen LogP contribution in [0.15, 0.2) is 12.1 Å². The maximum Gasteiger partial charge on any atom is 0.140 e. The lowest BCUT2D eigenvalue weighted by Crippen LogP contribution is -2.30. The Bertz CT molecular complexity index is 521. The van der Waals surface area contributed by atoms with E-state index in [1.807, 2.05) is 12.1 Å². The number of Topliss-reactive ketones (excluding diaryl/α,β-unsaturated/α-hetero) is 1. The Hall–Kier alpha value is -1.06. The first kappa shape index (κ1) is 13.9. The summed E-state index contributed by atoms with van der Waals surface area (Å²) in [5, 5.41) is 0.697. The van der Waals surface area contributed by atoms with Gasteiger partial charge in [-0.05, 0) is 43.4 Å². The normalized spacial score (nSPS) is 25.1. The molecule has 1 heterocycles. The summed E-state index contributed by atoms with van der Waals surface area (Å²) in [6, 6.07) is 4.09. The van der Waals surface area contributed by atoms with E-state index < -0.39 is 0 Å². The molecular formula is C16H20ClNO2. The van der Waals surface area contributed by atoms with Crippen molar-refractivity contribution in [3.05, 3.63) is 28.3 Å². The van der Waals surface area contributed by atoms with E-state index in [1.54, 1.807) is 0 Å². The fraction of sp³-hybridized carbons (Fsp3) is 0.562. The summed E-state index contributed by atoms with van der Waals surface area (Å²) in [6.07, 6.45) is 5.08. The zero-order valence-corrected chi connectivity index (χ0v) is 12.3. The molecule has 2 N–H and O–H groups in total. The largest absolute Gasteiger partial charge is 0.493 e. The van der Waals surface area contributed by atoms with E-state index in [-0.39, 0.29) is 12.0 Å². The molecule has 4 heteroatoms. The molecule has 1 aromatic rings. The lowest BCUT2D eigenvalue weighted by Gasteiger charge is -2.25. The topological polar surface area (TPSA) is 52.3 Å². The van der Waals surface area contributed by atoms with Gasteiger partial charge < -0.3 is 10.5 Å². The molecule has 0 aromatic heterocycles. The number of hydrogen-bond donors (Lipinski definition) is 1. The van der Waals surface area contributed by atoms with Gasteiger partial charge in [0, 0.05) is 35.4 Å². The summed E-state index contributed by atoms with van der Waals surface area (Å²) >= 11 is 6.13. The lowest BCUT2D eigenvalue weighted by atomic mass is 9.82. The van der Waals surface area contributed by atoms with Crippen LogP contribution in [0.25, 0.3) is 0 Å². The van der Waals surface area contributed by atoms with Gasteiger partial charge in [0.05, 0.1) is 6.61 Å². The fourth-order valence-electron chi connectivity index (χ4n) is 3.25. The molecule has 0 saturated heterocycles. The van der Waals surface area contributed by atoms with Crippen LogP contribution in [-0.2, 0) is 17.6 Å².